The first-order valence-corrected chi connectivity index (χ1v) is 13.8. The van der Waals surface area contributed by atoms with E-state index < -0.39 is 23.5 Å². The van der Waals surface area contributed by atoms with Crippen molar-refractivity contribution in [2.45, 2.75) is 32.8 Å². The predicted octanol–water partition coefficient (Wildman–Crippen LogP) is 3.92. The van der Waals surface area contributed by atoms with Crippen molar-refractivity contribution in [2.75, 3.05) is 19.4 Å². The molecule has 0 aliphatic carbocycles. The van der Waals surface area contributed by atoms with Crippen LogP contribution in [0.1, 0.15) is 42.3 Å². The summed E-state index contributed by atoms with van der Waals surface area (Å²) in [5, 5.41) is 22.4. The molecule has 226 valence electrons. The summed E-state index contributed by atoms with van der Waals surface area (Å²) in [5.41, 5.74) is 1.11. The molecule has 44 heavy (non-hydrogen) atoms. The standard InChI is InChI=1S/C32H32FN7O4/c1-32(2,3)20-12-19-16-35-40(31(44)28(19)23(33)13-20)26-9-7-8-21(22(26)17-41)24-14-25(30(43)39(6)37-24)36-27-11-10-18(15-34-27)29(42)38(4)5/h7-16,41H,17H2,1-6H3,(H,34,36). The van der Waals surface area contributed by atoms with Crippen LogP contribution in [0.3, 0.4) is 0 Å². The van der Waals surface area contributed by atoms with Crippen LogP contribution in [-0.4, -0.2) is 54.6 Å². The van der Waals surface area contributed by atoms with E-state index in [1.165, 1.54) is 36.5 Å². The summed E-state index contributed by atoms with van der Waals surface area (Å²) in [5.74, 6) is -0.535. The maximum atomic E-state index is 15.3. The number of rotatable bonds is 6. The number of aryl methyl sites for hydroxylation is 1. The number of aromatic nitrogens is 5. The zero-order valence-electron chi connectivity index (χ0n) is 25.2. The number of halogens is 1. The molecule has 0 unspecified atom stereocenters. The molecule has 0 fully saturated rings. The number of nitrogens with one attached hydrogen (secondary N) is 1. The number of aliphatic hydroxyl groups is 1. The maximum Gasteiger partial charge on any atom is 0.290 e. The van der Waals surface area contributed by atoms with Crippen molar-refractivity contribution in [3.63, 3.8) is 0 Å². The number of hydrogen-bond acceptors (Lipinski definition) is 8. The van der Waals surface area contributed by atoms with Crippen molar-refractivity contribution in [1.29, 1.82) is 0 Å². The third kappa shape index (κ3) is 5.59. The van der Waals surface area contributed by atoms with Gasteiger partial charge in [-0.2, -0.15) is 14.9 Å². The van der Waals surface area contributed by atoms with Gasteiger partial charge in [-0.05, 0) is 47.4 Å². The fourth-order valence-corrected chi connectivity index (χ4v) is 4.84. The molecule has 0 spiro atoms. The average Bonchev–Trinajstić information content (AvgIpc) is 2.98. The SMILES string of the molecule is CN(C)C(=O)c1ccc(Nc2cc(-c3cccc(-n4ncc5cc(C(C)(C)C)cc(F)c5c4=O)c3CO)nn(C)c2=O)nc1. The van der Waals surface area contributed by atoms with Gasteiger partial charge < -0.3 is 15.3 Å². The Hall–Kier alpha value is -5.23. The minimum Gasteiger partial charge on any atom is -0.392 e. The summed E-state index contributed by atoms with van der Waals surface area (Å²) in [6.45, 7) is 5.36. The number of hydrogen-bond donors (Lipinski definition) is 2. The third-order valence-electron chi connectivity index (χ3n) is 7.26. The zero-order valence-corrected chi connectivity index (χ0v) is 25.2. The van der Waals surface area contributed by atoms with Gasteiger partial charge in [-0.1, -0.05) is 32.9 Å². The quantitative estimate of drug-likeness (QED) is 0.301. The van der Waals surface area contributed by atoms with E-state index in [-0.39, 0.29) is 28.1 Å². The number of nitrogens with zero attached hydrogens (tertiary/aromatic N) is 6. The van der Waals surface area contributed by atoms with Crippen LogP contribution in [0, 0.1) is 5.82 Å². The van der Waals surface area contributed by atoms with Gasteiger partial charge in [-0.3, -0.25) is 14.4 Å². The number of carbonyl (C=O) groups is 1. The molecule has 3 heterocycles. The topological polar surface area (TPSA) is 135 Å². The summed E-state index contributed by atoms with van der Waals surface area (Å²) in [6, 6.07) is 12.7. The van der Waals surface area contributed by atoms with Crippen LogP contribution >= 0.6 is 0 Å². The van der Waals surface area contributed by atoms with Gasteiger partial charge in [0.1, 0.15) is 17.3 Å². The molecular formula is C32H32FN7O4. The second-order valence-electron chi connectivity index (χ2n) is 11.6. The summed E-state index contributed by atoms with van der Waals surface area (Å²) in [4.78, 5) is 44.4. The maximum absolute atomic E-state index is 15.3. The number of carbonyl (C=O) groups excluding carboxylic acids is 1. The lowest BCUT2D eigenvalue weighted by Gasteiger charge is -2.20. The Labute approximate surface area is 252 Å². The molecule has 5 rings (SSSR count). The number of amides is 1. The van der Waals surface area contributed by atoms with Crippen molar-refractivity contribution in [2.24, 2.45) is 7.05 Å². The molecule has 0 aliphatic heterocycles. The van der Waals surface area contributed by atoms with Gasteiger partial charge in [0.15, 0.2) is 0 Å². The van der Waals surface area contributed by atoms with Crippen molar-refractivity contribution < 1.29 is 14.3 Å². The van der Waals surface area contributed by atoms with E-state index in [0.717, 1.165) is 14.9 Å². The van der Waals surface area contributed by atoms with Crippen LogP contribution in [0.15, 0.2) is 70.5 Å². The Balaban J connectivity index is 1.59. The van der Waals surface area contributed by atoms with Crippen LogP contribution in [0.25, 0.3) is 27.7 Å². The van der Waals surface area contributed by atoms with E-state index in [2.05, 4.69) is 20.5 Å². The fourth-order valence-electron chi connectivity index (χ4n) is 4.84. The number of aliphatic hydroxyl groups excluding tert-OH is 1. The molecule has 3 aromatic heterocycles. The van der Waals surface area contributed by atoms with E-state index in [9.17, 15) is 19.5 Å². The van der Waals surface area contributed by atoms with Crippen LogP contribution < -0.4 is 16.4 Å². The molecule has 2 N–H and O–H groups in total. The molecule has 0 atom stereocenters. The van der Waals surface area contributed by atoms with Gasteiger partial charge in [0.05, 0.1) is 35.1 Å². The highest BCUT2D eigenvalue weighted by Gasteiger charge is 2.21. The van der Waals surface area contributed by atoms with Crippen molar-refractivity contribution in [3.05, 3.63) is 104 Å². The van der Waals surface area contributed by atoms with Crippen molar-refractivity contribution >= 4 is 28.2 Å². The highest BCUT2D eigenvalue weighted by Crippen LogP contribution is 2.30. The van der Waals surface area contributed by atoms with Crippen LogP contribution in [0.5, 0.6) is 0 Å². The Morgan fingerprint density at radius 1 is 1.05 bits per heavy atom. The summed E-state index contributed by atoms with van der Waals surface area (Å²) in [6.07, 6.45) is 2.84. The van der Waals surface area contributed by atoms with Gasteiger partial charge in [-0.15, -0.1) is 0 Å². The van der Waals surface area contributed by atoms with E-state index in [4.69, 9.17) is 0 Å². The Bertz CT molecular complexity index is 2030. The van der Waals surface area contributed by atoms with Crippen molar-refractivity contribution in [3.8, 4) is 16.9 Å². The van der Waals surface area contributed by atoms with Gasteiger partial charge in [-0.25, -0.2) is 14.1 Å². The number of benzene rings is 2. The van der Waals surface area contributed by atoms with E-state index in [1.54, 1.807) is 50.5 Å². The monoisotopic (exact) mass is 597 g/mol. The minimum absolute atomic E-state index is 0.111. The fraction of sp³-hybridized carbons (Fsp3) is 0.250. The molecule has 12 heteroatoms. The molecule has 0 saturated carbocycles. The smallest absolute Gasteiger partial charge is 0.290 e. The molecule has 0 bridgehead atoms. The first-order valence-electron chi connectivity index (χ1n) is 13.8. The first kappa shape index (κ1) is 30.2. The highest BCUT2D eigenvalue weighted by molar-refractivity contribution is 5.93. The summed E-state index contributed by atoms with van der Waals surface area (Å²) < 4.78 is 17.5. The second-order valence-corrected chi connectivity index (χ2v) is 11.6. The molecule has 11 nitrogen and oxygen atoms in total. The van der Waals surface area contributed by atoms with Crippen LogP contribution in [-0.2, 0) is 19.1 Å². The number of pyridine rings is 1. The Kier molecular flexibility index (Phi) is 7.87. The largest absolute Gasteiger partial charge is 0.392 e. The lowest BCUT2D eigenvalue weighted by Crippen LogP contribution is -2.25. The lowest BCUT2D eigenvalue weighted by atomic mass is 9.86. The van der Waals surface area contributed by atoms with Gasteiger partial charge >= 0.3 is 0 Å². The van der Waals surface area contributed by atoms with E-state index in [0.29, 0.717) is 33.6 Å². The van der Waals surface area contributed by atoms with E-state index >= 15 is 4.39 Å². The molecule has 0 aliphatic rings. The first-order chi connectivity index (χ1) is 20.8. The summed E-state index contributed by atoms with van der Waals surface area (Å²) >= 11 is 0. The predicted molar refractivity (Wildman–Crippen MR) is 166 cm³/mol. The summed E-state index contributed by atoms with van der Waals surface area (Å²) in [7, 11) is 4.76. The Morgan fingerprint density at radius 2 is 1.80 bits per heavy atom. The molecule has 0 radical (unpaired) electrons. The molecule has 1 amide bonds. The van der Waals surface area contributed by atoms with Crippen LogP contribution in [0.4, 0.5) is 15.9 Å². The molecule has 5 aromatic rings. The van der Waals surface area contributed by atoms with Gasteiger partial charge in [0, 0.05) is 43.9 Å². The Morgan fingerprint density at radius 3 is 2.43 bits per heavy atom. The average molecular weight is 598 g/mol. The molecule has 2 aromatic carbocycles. The molecular weight excluding hydrogens is 565 g/mol. The second kappa shape index (κ2) is 11.5. The molecule has 0 saturated heterocycles. The number of anilines is 2. The third-order valence-corrected chi connectivity index (χ3v) is 7.26. The van der Waals surface area contributed by atoms with Gasteiger partial charge in [0.25, 0.3) is 17.0 Å². The van der Waals surface area contributed by atoms with Gasteiger partial charge in [0.2, 0.25) is 0 Å². The normalized spacial score (nSPS) is 11.5. The minimum atomic E-state index is -0.676. The highest BCUT2D eigenvalue weighted by atomic mass is 19.1. The van der Waals surface area contributed by atoms with E-state index in [1.807, 2.05) is 20.8 Å². The van der Waals surface area contributed by atoms with Crippen LogP contribution in [0.2, 0.25) is 0 Å². The number of fused-ring (bicyclic) bond motifs is 1. The lowest BCUT2D eigenvalue weighted by molar-refractivity contribution is 0.0827. The zero-order chi connectivity index (χ0) is 31.9. The van der Waals surface area contributed by atoms with Crippen molar-refractivity contribution in [1.82, 2.24) is 29.4 Å².